The first-order valence-corrected chi connectivity index (χ1v) is 5.75. The zero-order valence-corrected chi connectivity index (χ0v) is 10.9. The number of carbonyl (C=O) groups is 2. The molecule has 0 aliphatic heterocycles. The second-order valence-electron chi connectivity index (χ2n) is 3.91. The molecular weight excluding hydrogens is 254 g/mol. The Hall–Kier alpha value is -1.81. The van der Waals surface area contributed by atoms with Crippen molar-refractivity contribution in [2.24, 2.45) is 0 Å². The summed E-state index contributed by atoms with van der Waals surface area (Å²) in [6.07, 6.45) is 2.86. The van der Waals surface area contributed by atoms with Crippen LogP contribution in [0.2, 0.25) is 5.02 Å². The van der Waals surface area contributed by atoms with Gasteiger partial charge < -0.3 is 10.4 Å². The van der Waals surface area contributed by atoms with Crippen LogP contribution in [0, 0.1) is 6.92 Å². The number of benzene rings is 1. The van der Waals surface area contributed by atoms with Gasteiger partial charge in [0.15, 0.2) is 0 Å². The first kappa shape index (κ1) is 14.3. The third kappa shape index (κ3) is 4.22. The van der Waals surface area contributed by atoms with E-state index in [-0.39, 0.29) is 0 Å². The minimum Gasteiger partial charge on any atom is -0.480 e. The van der Waals surface area contributed by atoms with E-state index in [1.165, 1.54) is 13.0 Å². The van der Waals surface area contributed by atoms with Crippen molar-refractivity contribution in [1.82, 2.24) is 5.32 Å². The number of carboxylic acids is 1. The summed E-state index contributed by atoms with van der Waals surface area (Å²) in [5.41, 5.74) is 1.74. The second kappa shape index (κ2) is 6.21. The van der Waals surface area contributed by atoms with E-state index in [1.807, 2.05) is 19.1 Å². The molecule has 0 aliphatic rings. The maximum Gasteiger partial charge on any atom is 0.325 e. The van der Waals surface area contributed by atoms with Crippen LogP contribution in [0.5, 0.6) is 0 Å². The average Bonchev–Trinajstić information content (AvgIpc) is 2.30. The highest BCUT2D eigenvalue weighted by molar-refractivity contribution is 6.31. The molecule has 1 amide bonds. The summed E-state index contributed by atoms with van der Waals surface area (Å²) < 4.78 is 0. The Morgan fingerprint density at radius 2 is 2.11 bits per heavy atom. The third-order valence-electron chi connectivity index (χ3n) is 2.35. The lowest BCUT2D eigenvalue weighted by molar-refractivity contribution is -0.140. The maximum atomic E-state index is 11.4. The van der Waals surface area contributed by atoms with Crippen LogP contribution in [0.3, 0.4) is 0 Å². The zero-order valence-electron chi connectivity index (χ0n) is 10.1. The number of rotatable bonds is 4. The van der Waals surface area contributed by atoms with E-state index in [4.69, 9.17) is 16.7 Å². The number of hydrogen-bond donors (Lipinski definition) is 2. The van der Waals surface area contributed by atoms with E-state index in [2.05, 4.69) is 5.32 Å². The summed E-state index contributed by atoms with van der Waals surface area (Å²) in [6, 6.07) is 4.50. The first-order valence-electron chi connectivity index (χ1n) is 5.37. The lowest BCUT2D eigenvalue weighted by Gasteiger charge is -2.06. The van der Waals surface area contributed by atoms with Gasteiger partial charge >= 0.3 is 5.97 Å². The molecule has 0 fully saturated rings. The fourth-order valence-electron chi connectivity index (χ4n) is 1.21. The van der Waals surface area contributed by atoms with E-state index < -0.39 is 17.9 Å². The fraction of sp³-hybridized carbons (Fsp3) is 0.231. The van der Waals surface area contributed by atoms with Gasteiger partial charge in [-0.1, -0.05) is 23.7 Å². The van der Waals surface area contributed by atoms with Crippen molar-refractivity contribution in [3.8, 4) is 0 Å². The number of carboxylic acid groups (broad SMARTS) is 1. The van der Waals surface area contributed by atoms with Crippen LogP contribution in [0.1, 0.15) is 18.1 Å². The van der Waals surface area contributed by atoms with Crippen molar-refractivity contribution in [3.05, 3.63) is 40.4 Å². The van der Waals surface area contributed by atoms with Crippen LogP contribution in [-0.4, -0.2) is 23.0 Å². The molecule has 0 saturated carbocycles. The molecule has 0 aliphatic carbocycles. The van der Waals surface area contributed by atoms with Crippen molar-refractivity contribution >= 4 is 29.6 Å². The predicted octanol–water partition coefficient (Wildman–Crippen LogP) is 2.25. The third-order valence-corrected chi connectivity index (χ3v) is 2.76. The number of amides is 1. The van der Waals surface area contributed by atoms with Gasteiger partial charge in [-0.15, -0.1) is 0 Å². The normalized spacial score (nSPS) is 12.4. The maximum absolute atomic E-state index is 11.4. The summed E-state index contributed by atoms with van der Waals surface area (Å²) >= 11 is 5.94. The summed E-state index contributed by atoms with van der Waals surface area (Å²) in [6.45, 7) is 3.29. The average molecular weight is 268 g/mol. The molecule has 0 heterocycles. The highest BCUT2D eigenvalue weighted by atomic mass is 35.5. The lowest BCUT2D eigenvalue weighted by atomic mass is 10.1. The highest BCUT2D eigenvalue weighted by Crippen LogP contribution is 2.17. The van der Waals surface area contributed by atoms with E-state index >= 15 is 0 Å². The van der Waals surface area contributed by atoms with Gasteiger partial charge in [-0.2, -0.15) is 0 Å². The Bertz CT molecular complexity index is 497. The predicted molar refractivity (Wildman–Crippen MR) is 70.5 cm³/mol. The molecule has 5 heteroatoms. The molecule has 0 bridgehead atoms. The molecule has 0 aromatic heterocycles. The Balaban J connectivity index is 2.66. The van der Waals surface area contributed by atoms with Crippen LogP contribution in [0.4, 0.5) is 0 Å². The Morgan fingerprint density at radius 3 is 2.67 bits per heavy atom. The molecule has 96 valence electrons. The van der Waals surface area contributed by atoms with Gasteiger partial charge in [0.1, 0.15) is 6.04 Å². The molecule has 1 aromatic carbocycles. The summed E-state index contributed by atoms with van der Waals surface area (Å²) in [4.78, 5) is 21.9. The van der Waals surface area contributed by atoms with E-state index in [9.17, 15) is 9.59 Å². The number of nitrogens with one attached hydrogen (secondary N) is 1. The topological polar surface area (TPSA) is 66.4 Å². The minimum absolute atomic E-state index is 0.457. The Labute approximate surface area is 110 Å². The van der Waals surface area contributed by atoms with Crippen LogP contribution in [0.25, 0.3) is 6.08 Å². The summed E-state index contributed by atoms with van der Waals surface area (Å²) in [5.74, 6) is -1.53. The van der Waals surface area contributed by atoms with E-state index in [0.717, 1.165) is 11.1 Å². The van der Waals surface area contributed by atoms with Gasteiger partial charge in [-0.3, -0.25) is 9.59 Å². The molecule has 0 saturated heterocycles. The molecule has 1 aromatic rings. The minimum atomic E-state index is -1.07. The SMILES string of the molecule is Cc1ccc(/C=C/C(=O)NC(C)C(=O)O)cc1Cl. The molecule has 0 spiro atoms. The van der Waals surface area contributed by atoms with Gasteiger partial charge in [0, 0.05) is 11.1 Å². The lowest BCUT2D eigenvalue weighted by Crippen LogP contribution is -2.37. The van der Waals surface area contributed by atoms with Crippen molar-refractivity contribution in [2.75, 3.05) is 0 Å². The van der Waals surface area contributed by atoms with Gasteiger partial charge in [-0.05, 0) is 37.1 Å². The molecule has 0 radical (unpaired) electrons. The molecule has 1 unspecified atom stereocenters. The second-order valence-corrected chi connectivity index (χ2v) is 4.32. The summed E-state index contributed by atoms with van der Waals surface area (Å²) in [5, 5.41) is 11.6. The monoisotopic (exact) mass is 267 g/mol. The standard InChI is InChI=1S/C13H14ClNO3/c1-8-3-4-10(7-11(8)14)5-6-12(16)15-9(2)13(17)18/h3-7,9H,1-2H3,(H,15,16)(H,17,18)/b6-5+. The van der Waals surface area contributed by atoms with Crippen LogP contribution in [0.15, 0.2) is 24.3 Å². The van der Waals surface area contributed by atoms with Crippen LogP contribution < -0.4 is 5.32 Å². The van der Waals surface area contributed by atoms with Crippen molar-refractivity contribution in [1.29, 1.82) is 0 Å². The molecular formula is C13H14ClNO3. The molecule has 1 rings (SSSR count). The largest absolute Gasteiger partial charge is 0.480 e. The quantitative estimate of drug-likeness (QED) is 0.823. The van der Waals surface area contributed by atoms with Crippen molar-refractivity contribution < 1.29 is 14.7 Å². The van der Waals surface area contributed by atoms with E-state index in [0.29, 0.717) is 5.02 Å². The molecule has 18 heavy (non-hydrogen) atoms. The van der Waals surface area contributed by atoms with E-state index in [1.54, 1.807) is 12.1 Å². The van der Waals surface area contributed by atoms with Crippen LogP contribution in [-0.2, 0) is 9.59 Å². The molecule has 1 atom stereocenters. The van der Waals surface area contributed by atoms with Gasteiger partial charge in [0.05, 0.1) is 0 Å². The molecule has 2 N–H and O–H groups in total. The number of hydrogen-bond acceptors (Lipinski definition) is 2. The van der Waals surface area contributed by atoms with Gasteiger partial charge in [0.2, 0.25) is 5.91 Å². The highest BCUT2D eigenvalue weighted by Gasteiger charge is 2.11. The first-order chi connectivity index (χ1) is 8.40. The number of aryl methyl sites for hydroxylation is 1. The Kier molecular flexibility index (Phi) is 4.92. The summed E-state index contributed by atoms with van der Waals surface area (Å²) in [7, 11) is 0. The number of halogens is 1. The van der Waals surface area contributed by atoms with Gasteiger partial charge in [0.25, 0.3) is 0 Å². The van der Waals surface area contributed by atoms with Gasteiger partial charge in [-0.25, -0.2) is 0 Å². The number of carbonyl (C=O) groups excluding carboxylic acids is 1. The fourth-order valence-corrected chi connectivity index (χ4v) is 1.40. The smallest absolute Gasteiger partial charge is 0.325 e. The Morgan fingerprint density at radius 1 is 1.44 bits per heavy atom. The van der Waals surface area contributed by atoms with Crippen LogP contribution >= 0.6 is 11.6 Å². The van der Waals surface area contributed by atoms with Crippen molar-refractivity contribution in [3.63, 3.8) is 0 Å². The zero-order chi connectivity index (χ0) is 13.7. The molecule has 4 nitrogen and oxygen atoms in total. The number of aliphatic carboxylic acids is 1. The van der Waals surface area contributed by atoms with Crippen molar-refractivity contribution in [2.45, 2.75) is 19.9 Å².